The number of para-hydroxylation sites is 1. The van der Waals surface area contributed by atoms with Crippen LogP contribution in [0.15, 0.2) is 42.7 Å². The Morgan fingerprint density at radius 3 is 2.69 bits per heavy atom. The molecule has 0 amide bonds. The van der Waals surface area contributed by atoms with Gasteiger partial charge in [0.05, 0.1) is 24.3 Å². The highest BCUT2D eigenvalue weighted by Crippen LogP contribution is 2.16. The van der Waals surface area contributed by atoms with Crippen molar-refractivity contribution in [2.45, 2.75) is 0 Å². The molecule has 0 saturated carbocycles. The highest BCUT2D eigenvalue weighted by atomic mass is 32.2. The predicted molar refractivity (Wildman–Crippen MR) is 60.2 cm³/mol. The summed E-state index contributed by atoms with van der Waals surface area (Å²) in [5.41, 5.74) is 0.425. The lowest BCUT2D eigenvalue weighted by molar-refractivity contribution is 0.581. The van der Waals surface area contributed by atoms with Crippen LogP contribution >= 0.6 is 0 Å². The van der Waals surface area contributed by atoms with Crippen LogP contribution in [-0.4, -0.2) is 24.6 Å². The Hall–Kier alpha value is -1.82. The van der Waals surface area contributed by atoms with Gasteiger partial charge in [0.2, 0.25) is 0 Å². The first-order valence-electron chi connectivity index (χ1n) is 4.56. The second kappa shape index (κ2) is 3.97. The molecular weight excluding hydrogens is 226 g/mol. The number of hydrogen-bond acceptors (Lipinski definition) is 3. The molecule has 5 nitrogen and oxygen atoms in total. The Kier molecular flexibility index (Phi) is 2.66. The number of benzene rings is 1. The standard InChI is InChI=1S/C10H10N3O2S/c1-16(14,15)13(12-9-5-8-11-12)10-6-3-2-4-7-10/h2-6,8-9H,1H3. The van der Waals surface area contributed by atoms with E-state index in [0.29, 0.717) is 5.69 Å². The predicted octanol–water partition coefficient (Wildman–Crippen LogP) is 0.913. The third-order valence-corrected chi connectivity index (χ3v) is 2.88. The first kappa shape index (κ1) is 10.7. The second-order valence-electron chi connectivity index (χ2n) is 3.18. The summed E-state index contributed by atoms with van der Waals surface area (Å²) < 4.78 is 24.4. The molecular formula is C10H10N3O2S. The van der Waals surface area contributed by atoms with E-state index in [1.54, 1.807) is 36.5 Å². The van der Waals surface area contributed by atoms with Crippen molar-refractivity contribution in [1.29, 1.82) is 0 Å². The molecule has 0 aliphatic heterocycles. The summed E-state index contributed by atoms with van der Waals surface area (Å²) in [5, 5.41) is 3.90. The van der Waals surface area contributed by atoms with Gasteiger partial charge in [-0.05, 0) is 12.1 Å². The minimum Gasteiger partial charge on any atom is -0.205 e. The highest BCUT2D eigenvalue weighted by molar-refractivity contribution is 7.92. The van der Waals surface area contributed by atoms with Crippen LogP contribution in [0.2, 0.25) is 0 Å². The second-order valence-corrected chi connectivity index (χ2v) is 4.99. The van der Waals surface area contributed by atoms with E-state index in [-0.39, 0.29) is 0 Å². The number of rotatable bonds is 3. The van der Waals surface area contributed by atoms with E-state index in [2.05, 4.69) is 11.2 Å². The smallest absolute Gasteiger partial charge is 0.205 e. The molecule has 16 heavy (non-hydrogen) atoms. The zero-order valence-corrected chi connectivity index (χ0v) is 9.42. The van der Waals surface area contributed by atoms with Crippen molar-refractivity contribution in [3.8, 4) is 0 Å². The van der Waals surface area contributed by atoms with Gasteiger partial charge in [0.15, 0.2) is 0 Å². The van der Waals surface area contributed by atoms with E-state index in [1.807, 2.05) is 0 Å². The fourth-order valence-electron chi connectivity index (χ4n) is 1.31. The monoisotopic (exact) mass is 236 g/mol. The molecule has 0 fully saturated rings. The van der Waals surface area contributed by atoms with E-state index < -0.39 is 10.0 Å². The quantitative estimate of drug-likeness (QED) is 0.796. The minimum atomic E-state index is -3.44. The molecule has 0 bridgehead atoms. The zero-order chi connectivity index (χ0) is 11.6. The van der Waals surface area contributed by atoms with E-state index in [4.69, 9.17) is 0 Å². The molecule has 0 atom stereocenters. The van der Waals surface area contributed by atoms with Gasteiger partial charge in [-0.15, -0.1) is 0 Å². The third-order valence-electron chi connectivity index (χ3n) is 1.89. The summed E-state index contributed by atoms with van der Waals surface area (Å²) in [6, 6.07) is 11.3. The first-order valence-corrected chi connectivity index (χ1v) is 6.41. The number of sulfonamides is 1. The van der Waals surface area contributed by atoms with Crippen LogP contribution in [0, 0.1) is 6.07 Å². The zero-order valence-electron chi connectivity index (χ0n) is 8.61. The van der Waals surface area contributed by atoms with Crippen molar-refractivity contribution in [3.05, 3.63) is 48.8 Å². The minimum absolute atomic E-state index is 0.425. The molecule has 1 aromatic carbocycles. The molecule has 0 aliphatic rings. The lowest BCUT2D eigenvalue weighted by atomic mass is 10.3. The van der Waals surface area contributed by atoms with Crippen molar-refractivity contribution in [2.24, 2.45) is 0 Å². The third kappa shape index (κ3) is 2.06. The average molecular weight is 236 g/mol. The summed E-state index contributed by atoms with van der Waals surface area (Å²) in [6.07, 6.45) is 4.19. The van der Waals surface area contributed by atoms with Gasteiger partial charge >= 0.3 is 0 Å². The van der Waals surface area contributed by atoms with Crippen LogP contribution in [0.5, 0.6) is 0 Å². The fraction of sp³-hybridized carbons (Fsp3) is 0.100. The van der Waals surface area contributed by atoms with Gasteiger partial charge in [-0.25, -0.2) is 8.42 Å². The summed E-state index contributed by atoms with van der Waals surface area (Å²) in [4.78, 5) is 1.25. The van der Waals surface area contributed by atoms with Crippen LogP contribution in [0.25, 0.3) is 0 Å². The molecule has 0 aliphatic carbocycles. The van der Waals surface area contributed by atoms with Crippen LogP contribution < -0.4 is 4.41 Å². The SMILES string of the molecule is CS(=O)(=O)N(c1[c]cccc1)n1cccn1. The maximum atomic E-state index is 11.7. The molecule has 2 aromatic rings. The Labute approximate surface area is 94.0 Å². The lowest BCUT2D eigenvalue weighted by Crippen LogP contribution is -2.35. The van der Waals surface area contributed by atoms with Crippen LogP contribution in [-0.2, 0) is 10.0 Å². The summed E-state index contributed by atoms with van der Waals surface area (Å²) in [6.45, 7) is 0. The Balaban J connectivity index is 2.54. The van der Waals surface area contributed by atoms with Gasteiger partial charge in [0.25, 0.3) is 10.0 Å². The van der Waals surface area contributed by atoms with Crippen molar-refractivity contribution in [2.75, 3.05) is 10.7 Å². The maximum absolute atomic E-state index is 11.7. The molecule has 0 saturated heterocycles. The van der Waals surface area contributed by atoms with E-state index in [0.717, 1.165) is 10.7 Å². The van der Waals surface area contributed by atoms with Gasteiger partial charge in [0, 0.05) is 6.07 Å². The molecule has 0 spiro atoms. The molecule has 1 radical (unpaired) electrons. The van der Waals surface area contributed by atoms with Crippen LogP contribution in [0.3, 0.4) is 0 Å². The fourth-order valence-corrected chi connectivity index (χ4v) is 2.18. The van der Waals surface area contributed by atoms with Crippen LogP contribution in [0.1, 0.15) is 0 Å². The molecule has 0 unspecified atom stereocenters. The molecule has 2 rings (SSSR count). The highest BCUT2D eigenvalue weighted by Gasteiger charge is 2.19. The van der Waals surface area contributed by atoms with Gasteiger partial charge in [-0.2, -0.15) is 14.3 Å². The Bertz CT molecular complexity index is 549. The number of anilines is 1. The normalized spacial score (nSPS) is 11.3. The van der Waals surface area contributed by atoms with Crippen molar-refractivity contribution >= 4 is 15.7 Å². The topological polar surface area (TPSA) is 55.2 Å². The van der Waals surface area contributed by atoms with Crippen molar-refractivity contribution in [1.82, 2.24) is 9.89 Å². The van der Waals surface area contributed by atoms with Gasteiger partial charge in [0.1, 0.15) is 0 Å². The summed E-state index contributed by atoms with van der Waals surface area (Å²) in [5.74, 6) is 0. The molecule has 1 aromatic heterocycles. The lowest BCUT2D eigenvalue weighted by Gasteiger charge is -2.21. The van der Waals surface area contributed by atoms with E-state index in [9.17, 15) is 8.42 Å². The summed E-state index contributed by atoms with van der Waals surface area (Å²) >= 11 is 0. The molecule has 0 N–H and O–H groups in total. The van der Waals surface area contributed by atoms with Crippen LogP contribution in [0.4, 0.5) is 5.69 Å². The Morgan fingerprint density at radius 1 is 1.38 bits per heavy atom. The van der Waals surface area contributed by atoms with Crippen molar-refractivity contribution < 1.29 is 8.42 Å². The Morgan fingerprint density at radius 2 is 2.19 bits per heavy atom. The number of nitrogens with zero attached hydrogens (tertiary/aromatic N) is 3. The molecule has 1 heterocycles. The maximum Gasteiger partial charge on any atom is 0.251 e. The van der Waals surface area contributed by atoms with Gasteiger partial charge < -0.3 is 0 Å². The number of hydrogen-bond donors (Lipinski definition) is 0. The molecule has 6 heteroatoms. The van der Waals surface area contributed by atoms with E-state index in [1.165, 1.54) is 11.0 Å². The summed E-state index contributed by atoms with van der Waals surface area (Å²) in [7, 11) is -3.44. The van der Waals surface area contributed by atoms with Gasteiger partial charge in [-0.1, -0.05) is 18.2 Å². The largest absolute Gasteiger partial charge is 0.251 e. The average Bonchev–Trinajstić information content (AvgIpc) is 2.71. The van der Waals surface area contributed by atoms with Gasteiger partial charge in [-0.3, -0.25) is 0 Å². The first-order chi connectivity index (χ1) is 7.59. The van der Waals surface area contributed by atoms with E-state index >= 15 is 0 Å². The van der Waals surface area contributed by atoms with Crippen molar-refractivity contribution in [3.63, 3.8) is 0 Å². The molecule has 83 valence electrons. The number of aromatic nitrogens is 2.